The Balaban J connectivity index is 1.95. The van der Waals surface area contributed by atoms with Crippen LogP contribution in [0, 0.1) is 0 Å². The van der Waals surface area contributed by atoms with Crippen LogP contribution in [0.15, 0.2) is 72.0 Å². The number of aromatic nitrogens is 1. The van der Waals surface area contributed by atoms with Gasteiger partial charge in [-0.1, -0.05) is 18.2 Å². The van der Waals surface area contributed by atoms with Crippen LogP contribution in [0.25, 0.3) is 11.1 Å². The molecule has 2 aromatic carbocycles. The van der Waals surface area contributed by atoms with Gasteiger partial charge in [-0.2, -0.15) is 18.3 Å². The molecule has 0 aliphatic heterocycles. The number of hydrogen-bond donors (Lipinski definition) is 2. The van der Waals surface area contributed by atoms with Gasteiger partial charge >= 0.3 is 6.18 Å². The summed E-state index contributed by atoms with van der Waals surface area (Å²) in [5.74, 6) is 0. The van der Waals surface area contributed by atoms with Crippen molar-refractivity contribution >= 4 is 17.8 Å². The first-order chi connectivity index (χ1) is 13.4. The van der Waals surface area contributed by atoms with E-state index in [-0.39, 0.29) is 0 Å². The summed E-state index contributed by atoms with van der Waals surface area (Å²) in [6.07, 6.45) is -2.09. The van der Waals surface area contributed by atoms with Gasteiger partial charge in [-0.05, 0) is 48.0 Å². The third kappa shape index (κ3) is 4.40. The normalized spacial score (nSPS) is 11.9. The molecule has 3 aromatic rings. The fraction of sp³-hybridized carbons (Fsp3) is 0.100. The Kier molecular flexibility index (Phi) is 5.49. The van der Waals surface area contributed by atoms with E-state index in [0.29, 0.717) is 17.6 Å². The molecule has 144 valence electrons. The average molecular weight is 386 g/mol. The largest absolute Gasteiger partial charge is 0.416 e. The second-order valence-electron chi connectivity index (χ2n) is 5.99. The molecule has 2 N–H and O–H groups in total. The molecule has 0 atom stereocenters. The number of pyridine rings is 1. The van der Waals surface area contributed by atoms with Crippen molar-refractivity contribution < 1.29 is 18.0 Å². The van der Waals surface area contributed by atoms with Gasteiger partial charge < -0.3 is 9.88 Å². The van der Waals surface area contributed by atoms with E-state index in [1.165, 1.54) is 12.1 Å². The third-order valence-electron chi connectivity index (χ3n) is 4.08. The highest BCUT2D eigenvalue weighted by atomic mass is 19.4. The summed E-state index contributed by atoms with van der Waals surface area (Å²) in [7, 11) is 1.79. The molecule has 0 saturated carbocycles. The standard InChI is InChI=1S/C20H17F3N4O/c1-27-11-10-14(12-19(27)26-24-13-28)17-4-2-3-5-18(17)25-16-8-6-15(7-9-16)20(21,22)23/h2-13,25H,1H3,(H,24,28)/b26-19-. The number of benzene rings is 2. The lowest BCUT2D eigenvalue weighted by molar-refractivity contribution is -0.137. The Hall–Kier alpha value is -3.55. The molecule has 0 unspecified atom stereocenters. The number of carbonyl (C=O) groups is 1. The first-order valence-corrected chi connectivity index (χ1v) is 8.32. The van der Waals surface area contributed by atoms with Gasteiger partial charge in [0.15, 0.2) is 5.49 Å². The first kappa shape index (κ1) is 19.2. The molecule has 0 aliphatic rings. The van der Waals surface area contributed by atoms with Crippen LogP contribution in [0.2, 0.25) is 0 Å². The van der Waals surface area contributed by atoms with E-state index in [9.17, 15) is 18.0 Å². The highest BCUT2D eigenvalue weighted by Crippen LogP contribution is 2.32. The van der Waals surface area contributed by atoms with Gasteiger partial charge in [0.25, 0.3) is 0 Å². The average Bonchev–Trinajstić information content (AvgIpc) is 2.68. The van der Waals surface area contributed by atoms with Crippen molar-refractivity contribution in [3.8, 4) is 11.1 Å². The van der Waals surface area contributed by atoms with Crippen molar-refractivity contribution in [1.82, 2.24) is 9.99 Å². The minimum atomic E-state index is -4.37. The van der Waals surface area contributed by atoms with Crippen molar-refractivity contribution in [1.29, 1.82) is 0 Å². The van der Waals surface area contributed by atoms with E-state index in [1.54, 1.807) is 23.9 Å². The second-order valence-corrected chi connectivity index (χ2v) is 5.99. The Morgan fingerprint density at radius 2 is 1.75 bits per heavy atom. The number of para-hydroxylation sites is 1. The highest BCUT2D eigenvalue weighted by Gasteiger charge is 2.29. The summed E-state index contributed by atoms with van der Waals surface area (Å²) in [4.78, 5) is 10.5. The van der Waals surface area contributed by atoms with Crippen LogP contribution in [-0.4, -0.2) is 11.0 Å². The number of carbonyl (C=O) groups excluding carboxylic acids is 1. The van der Waals surface area contributed by atoms with E-state index in [2.05, 4.69) is 15.8 Å². The number of rotatable bonds is 5. The summed E-state index contributed by atoms with van der Waals surface area (Å²) in [6, 6.07) is 15.9. The van der Waals surface area contributed by atoms with E-state index in [4.69, 9.17) is 0 Å². The van der Waals surface area contributed by atoms with Crippen LogP contribution in [0.3, 0.4) is 0 Å². The van der Waals surface area contributed by atoms with Crippen LogP contribution in [0.4, 0.5) is 24.5 Å². The quantitative estimate of drug-likeness (QED) is 0.514. The minimum Gasteiger partial charge on any atom is -0.355 e. The van der Waals surface area contributed by atoms with Crippen LogP contribution < -0.4 is 16.2 Å². The lowest BCUT2D eigenvalue weighted by Crippen LogP contribution is -2.21. The molecular weight excluding hydrogens is 369 g/mol. The zero-order chi connectivity index (χ0) is 20.1. The SMILES string of the molecule is Cn1ccc(-c2ccccc2Nc2ccc(C(F)(F)F)cc2)c/c1=N/NC=O. The summed E-state index contributed by atoms with van der Waals surface area (Å²) in [5.41, 5.74) is 5.04. The number of anilines is 2. The number of halogens is 3. The molecule has 5 nitrogen and oxygen atoms in total. The number of amides is 1. The first-order valence-electron chi connectivity index (χ1n) is 8.32. The molecule has 0 saturated heterocycles. The highest BCUT2D eigenvalue weighted by molar-refractivity contribution is 5.80. The zero-order valence-electron chi connectivity index (χ0n) is 14.9. The van der Waals surface area contributed by atoms with E-state index >= 15 is 0 Å². The van der Waals surface area contributed by atoms with E-state index in [0.717, 1.165) is 28.9 Å². The molecule has 1 amide bonds. The second kappa shape index (κ2) is 7.99. The molecule has 0 aliphatic carbocycles. The summed E-state index contributed by atoms with van der Waals surface area (Å²) in [5, 5.41) is 7.13. The van der Waals surface area contributed by atoms with Crippen LogP contribution in [0.1, 0.15) is 5.56 Å². The summed E-state index contributed by atoms with van der Waals surface area (Å²) < 4.78 is 39.9. The van der Waals surface area contributed by atoms with Crippen molar-refractivity contribution in [2.45, 2.75) is 6.18 Å². The van der Waals surface area contributed by atoms with Gasteiger partial charge in [0.2, 0.25) is 6.41 Å². The lowest BCUT2D eigenvalue weighted by Gasteiger charge is -2.14. The zero-order valence-corrected chi connectivity index (χ0v) is 14.9. The van der Waals surface area contributed by atoms with Gasteiger partial charge in [0.1, 0.15) is 0 Å². The maximum absolute atomic E-state index is 12.7. The monoisotopic (exact) mass is 386 g/mol. The Morgan fingerprint density at radius 1 is 1.04 bits per heavy atom. The fourth-order valence-corrected chi connectivity index (χ4v) is 2.67. The van der Waals surface area contributed by atoms with Gasteiger partial charge in [-0.25, -0.2) is 5.43 Å². The number of nitrogens with zero attached hydrogens (tertiary/aromatic N) is 2. The Labute approximate surface area is 159 Å². The van der Waals surface area contributed by atoms with Crippen molar-refractivity contribution in [3.05, 3.63) is 77.9 Å². The molecule has 1 heterocycles. The van der Waals surface area contributed by atoms with Crippen molar-refractivity contribution in [3.63, 3.8) is 0 Å². The van der Waals surface area contributed by atoms with Gasteiger partial charge in [0.05, 0.1) is 5.56 Å². The molecule has 3 rings (SSSR count). The van der Waals surface area contributed by atoms with Crippen molar-refractivity contribution in [2.75, 3.05) is 5.32 Å². The minimum absolute atomic E-state index is 0.479. The maximum Gasteiger partial charge on any atom is 0.416 e. The molecule has 8 heteroatoms. The molecule has 0 bridgehead atoms. The number of aryl methyl sites for hydroxylation is 1. The molecule has 0 fully saturated rings. The molecule has 0 spiro atoms. The van der Waals surface area contributed by atoms with E-state index in [1.807, 2.05) is 30.3 Å². The number of nitrogens with one attached hydrogen (secondary N) is 2. The number of alkyl halides is 3. The predicted molar refractivity (Wildman–Crippen MR) is 100 cm³/mol. The molecule has 0 radical (unpaired) electrons. The van der Waals surface area contributed by atoms with Crippen LogP contribution in [0.5, 0.6) is 0 Å². The molecular formula is C20H17F3N4O. The lowest BCUT2D eigenvalue weighted by atomic mass is 10.0. The topological polar surface area (TPSA) is 58.4 Å². The van der Waals surface area contributed by atoms with Gasteiger partial charge in [-0.15, -0.1) is 0 Å². The summed E-state index contributed by atoms with van der Waals surface area (Å²) >= 11 is 0. The smallest absolute Gasteiger partial charge is 0.355 e. The van der Waals surface area contributed by atoms with Crippen molar-refractivity contribution in [2.24, 2.45) is 12.1 Å². The Morgan fingerprint density at radius 3 is 2.43 bits per heavy atom. The van der Waals surface area contributed by atoms with E-state index < -0.39 is 11.7 Å². The molecule has 28 heavy (non-hydrogen) atoms. The third-order valence-corrected chi connectivity index (χ3v) is 4.08. The summed E-state index contributed by atoms with van der Waals surface area (Å²) in [6.45, 7) is 0. The Bertz CT molecular complexity index is 1040. The molecule has 1 aromatic heterocycles. The maximum atomic E-state index is 12.7. The predicted octanol–water partition coefficient (Wildman–Crippen LogP) is 4.02. The van der Waals surface area contributed by atoms with Gasteiger partial charge in [-0.3, -0.25) is 4.79 Å². The van der Waals surface area contributed by atoms with Gasteiger partial charge in [0, 0.05) is 30.2 Å². The number of hydrogen-bond acceptors (Lipinski definition) is 3. The fourth-order valence-electron chi connectivity index (χ4n) is 2.67. The van der Waals surface area contributed by atoms with Crippen LogP contribution in [-0.2, 0) is 18.0 Å². The van der Waals surface area contributed by atoms with Crippen LogP contribution >= 0.6 is 0 Å².